The number of aliphatic hydroxyl groups excluding tert-OH is 4. The summed E-state index contributed by atoms with van der Waals surface area (Å²) in [6, 6.07) is -1.34. The molecule has 168 valence electrons. The number of rotatable bonds is 12. The Kier molecular flexibility index (Phi) is 14.7. The summed E-state index contributed by atoms with van der Waals surface area (Å²) in [7, 11) is 0. The van der Waals surface area contributed by atoms with Crippen LogP contribution >= 0.6 is 0 Å². The number of ether oxygens (including phenoxy) is 1. The van der Waals surface area contributed by atoms with Gasteiger partial charge in [-0.2, -0.15) is 0 Å². The van der Waals surface area contributed by atoms with Gasteiger partial charge in [0, 0.05) is 6.42 Å². The number of Topliss-reactive ketones (excluding diaryl/α,β-unsaturated/α-hetero) is 3. The molecular formula is C17H29NO11. The number of aliphatic hydroxyl groups is 4. The van der Waals surface area contributed by atoms with E-state index in [-0.39, 0.29) is 12.2 Å². The summed E-state index contributed by atoms with van der Waals surface area (Å²) >= 11 is 0. The van der Waals surface area contributed by atoms with Crippen LogP contribution in [0, 0.1) is 0 Å². The highest BCUT2D eigenvalue weighted by atomic mass is 16.6. The molecule has 7 N–H and O–H groups in total. The Morgan fingerprint density at radius 3 is 1.83 bits per heavy atom. The number of ketones is 3. The fourth-order valence-electron chi connectivity index (χ4n) is 1.78. The van der Waals surface area contributed by atoms with Crippen molar-refractivity contribution in [3.63, 3.8) is 0 Å². The first-order valence-electron chi connectivity index (χ1n) is 8.56. The van der Waals surface area contributed by atoms with Crippen LogP contribution in [0.15, 0.2) is 0 Å². The van der Waals surface area contributed by atoms with Crippen LogP contribution in [0.4, 0.5) is 0 Å². The van der Waals surface area contributed by atoms with Crippen molar-refractivity contribution in [3.05, 3.63) is 0 Å². The Morgan fingerprint density at radius 2 is 1.45 bits per heavy atom. The molecule has 0 bridgehead atoms. The topological polar surface area (TPSA) is 222 Å². The standard InChI is InChI=1S/C14H23NO10.C3H6O/c1-6(17)4-8(18)13(12(22)11(21)9(19)5-16)25-10(20)3-2-7(15)14(23)24;1-3(2)4/h7,9,11-13,16,19,21-22H,2-5,15H2,1H3,(H,23,24);1-2H3/t7-,9+,11+,12-,13-;/m0./s1. The lowest BCUT2D eigenvalue weighted by Crippen LogP contribution is -2.50. The Morgan fingerprint density at radius 1 is 0.966 bits per heavy atom. The van der Waals surface area contributed by atoms with Gasteiger partial charge in [0.1, 0.15) is 35.9 Å². The van der Waals surface area contributed by atoms with Gasteiger partial charge >= 0.3 is 11.9 Å². The number of carboxylic acids is 1. The average molecular weight is 423 g/mol. The van der Waals surface area contributed by atoms with Crippen LogP contribution in [0.5, 0.6) is 0 Å². The van der Waals surface area contributed by atoms with Crippen LogP contribution in [0.25, 0.3) is 0 Å². The van der Waals surface area contributed by atoms with Crippen molar-refractivity contribution in [2.24, 2.45) is 5.73 Å². The molecule has 0 heterocycles. The van der Waals surface area contributed by atoms with E-state index in [1.54, 1.807) is 0 Å². The molecule has 0 aliphatic heterocycles. The van der Waals surface area contributed by atoms with Crippen molar-refractivity contribution in [3.8, 4) is 0 Å². The van der Waals surface area contributed by atoms with Gasteiger partial charge in [-0.3, -0.25) is 19.2 Å². The van der Waals surface area contributed by atoms with Crippen LogP contribution < -0.4 is 5.73 Å². The highest BCUT2D eigenvalue weighted by molar-refractivity contribution is 6.01. The fraction of sp³-hybridized carbons (Fsp3) is 0.706. The Hall–Kier alpha value is -2.25. The monoisotopic (exact) mass is 423 g/mol. The van der Waals surface area contributed by atoms with Gasteiger partial charge in [0.2, 0.25) is 0 Å². The van der Waals surface area contributed by atoms with E-state index in [0.29, 0.717) is 0 Å². The number of carbonyl (C=O) groups is 5. The summed E-state index contributed by atoms with van der Waals surface area (Å²) in [5.41, 5.74) is 5.22. The molecule has 0 unspecified atom stereocenters. The van der Waals surface area contributed by atoms with Gasteiger partial charge in [-0.25, -0.2) is 0 Å². The summed E-state index contributed by atoms with van der Waals surface area (Å²) in [4.78, 5) is 54.7. The molecule has 29 heavy (non-hydrogen) atoms. The summed E-state index contributed by atoms with van der Waals surface area (Å²) in [6.45, 7) is 3.20. The maximum atomic E-state index is 12.0. The molecule has 0 radical (unpaired) electrons. The molecule has 0 saturated carbocycles. The van der Waals surface area contributed by atoms with Gasteiger partial charge in [-0.15, -0.1) is 0 Å². The van der Waals surface area contributed by atoms with Crippen LogP contribution in [0.1, 0.15) is 40.0 Å². The smallest absolute Gasteiger partial charge is 0.320 e. The molecule has 12 nitrogen and oxygen atoms in total. The zero-order valence-corrected chi connectivity index (χ0v) is 16.5. The van der Waals surface area contributed by atoms with Gasteiger partial charge in [0.15, 0.2) is 11.9 Å². The average Bonchev–Trinajstić information content (AvgIpc) is 2.60. The van der Waals surface area contributed by atoms with Crippen molar-refractivity contribution in [2.75, 3.05) is 6.61 Å². The first-order valence-corrected chi connectivity index (χ1v) is 8.56. The van der Waals surface area contributed by atoms with E-state index in [1.807, 2.05) is 0 Å². The molecule has 12 heteroatoms. The number of nitrogens with two attached hydrogens (primary N) is 1. The van der Waals surface area contributed by atoms with Gasteiger partial charge in [-0.05, 0) is 27.2 Å². The molecule has 0 saturated heterocycles. The zero-order chi connectivity index (χ0) is 23.3. The fourth-order valence-corrected chi connectivity index (χ4v) is 1.78. The number of esters is 1. The molecule has 5 atom stereocenters. The predicted molar refractivity (Wildman–Crippen MR) is 96.5 cm³/mol. The second-order valence-electron chi connectivity index (χ2n) is 6.38. The molecule has 0 aliphatic rings. The lowest BCUT2D eigenvalue weighted by atomic mass is 9.98. The SMILES string of the molecule is CC(=O)CC(=O)[C@H](OC(=O)CC[C@H](N)C(=O)O)[C@@H](O)[C@H](O)[C@H](O)CO.CC(C)=O. The van der Waals surface area contributed by atoms with Crippen molar-refractivity contribution in [1.29, 1.82) is 0 Å². The van der Waals surface area contributed by atoms with E-state index in [9.17, 15) is 39.3 Å². The first kappa shape index (κ1) is 29.0. The van der Waals surface area contributed by atoms with Crippen LogP contribution in [-0.2, 0) is 28.7 Å². The highest BCUT2D eigenvalue weighted by Gasteiger charge is 2.38. The number of hydrogen-bond acceptors (Lipinski definition) is 11. The molecule has 0 aromatic carbocycles. The van der Waals surface area contributed by atoms with Gasteiger partial charge in [-0.1, -0.05) is 0 Å². The molecule has 0 fully saturated rings. The summed E-state index contributed by atoms with van der Waals surface area (Å²) in [5, 5.41) is 46.3. The normalized spacial score (nSPS) is 15.6. The lowest BCUT2D eigenvalue weighted by Gasteiger charge is -2.27. The van der Waals surface area contributed by atoms with E-state index in [1.165, 1.54) is 13.8 Å². The predicted octanol–water partition coefficient (Wildman–Crippen LogP) is -2.69. The van der Waals surface area contributed by atoms with Crippen LogP contribution in [0.2, 0.25) is 0 Å². The van der Waals surface area contributed by atoms with Crippen LogP contribution in [0.3, 0.4) is 0 Å². The maximum absolute atomic E-state index is 12.0. The third kappa shape index (κ3) is 13.5. The zero-order valence-electron chi connectivity index (χ0n) is 16.5. The minimum Gasteiger partial charge on any atom is -0.480 e. The van der Waals surface area contributed by atoms with E-state index in [2.05, 4.69) is 0 Å². The molecule has 0 aliphatic carbocycles. The van der Waals surface area contributed by atoms with Crippen molar-refractivity contribution in [2.45, 2.75) is 70.5 Å². The number of carboxylic acid groups (broad SMARTS) is 1. The molecule has 0 aromatic rings. The highest BCUT2D eigenvalue weighted by Crippen LogP contribution is 2.13. The van der Waals surface area contributed by atoms with Crippen molar-refractivity contribution < 1.29 is 54.2 Å². The summed E-state index contributed by atoms with van der Waals surface area (Å²) < 4.78 is 4.73. The summed E-state index contributed by atoms with van der Waals surface area (Å²) in [6.07, 6.45) is -9.44. The molecule has 0 amide bonds. The van der Waals surface area contributed by atoms with Crippen molar-refractivity contribution >= 4 is 29.3 Å². The third-order valence-electron chi connectivity index (χ3n) is 3.22. The van der Waals surface area contributed by atoms with Crippen LogP contribution in [-0.4, -0.2) is 91.9 Å². The van der Waals surface area contributed by atoms with E-state index < -0.39 is 73.4 Å². The van der Waals surface area contributed by atoms with E-state index in [4.69, 9.17) is 20.7 Å². The number of aliphatic carboxylic acids is 1. The van der Waals surface area contributed by atoms with Gasteiger partial charge in [0.05, 0.1) is 13.0 Å². The molecule has 0 spiro atoms. The second kappa shape index (κ2) is 14.7. The Balaban J connectivity index is 0. The second-order valence-corrected chi connectivity index (χ2v) is 6.38. The Labute approximate surface area is 167 Å². The molecular weight excluding hydrogens is 394 g/mol. The van der Waals surface area contributed by atoms with Gasteiger partial charge < -0.3 is 40.8 Å². The molecule has 0 rings (SSSR count). The minimum atomic E-state index is -2.11. The summed E-state index contributed by atoms with van der Waals surface area (Å²) in [5.74, 6) is -3.90. The minimum absolute atomic E-state index is 0.167. The lowest BCUT2D eigenvalue weighted by molar-refractivity contribution is -0.173. The maximum Gasteiger partial charge on any atom is 0.320 e. The van der Waals surface area contributed by atoms with E-state index in [0.717, 1.165) is 6.92 Å². The number of carbonyl (C=O) groups excluding carboxylic acids is 4. The quantitative estimate of drug-likeness (QED) is 0.139. The first-order chi connectivity index (χ1) is 13.2. The number of hydrogen-bond donors (Lipinski definition) is 6. The third-order valence-corrected chi connectivity index (χ3v) is 3.22. The molecule has 0 aromatic heterocycles. The largest absolute Gasteiger partial charge is 0.480 e. The van der Waals surface area contributed by atoms with E-state index >= 15 is 0 Å². The van der Waals surface area contributed by atoms with Crippen molar-refractivity contribution in [1.82, 2.24) is 0 Å². The Bertz CT molecular complexity index is 574. The van der Waals surface area contributed by atoms with Gasteiger partial charge in [0.25, 0.3) is 0 Å².